The summed E-state index contributed by atoms with van der Waals surface area (Å²) in [5.41, 5.74) is 4.95. The maximum Gasteiger partial charge on any atom is 0.416 e. The minimum absolute atomic E-state index is 0.00341. The number of nitrogens with zero attached hydrogens (tertiary/aromatic N) is 2. The first kappa shape index (κ1) is 21.0. The highest BCUT2D eigenvalue weighted by Crippen LogP contribution is 2.44. The number of guanidine groups is 1. The second-order valence-electron chi connectivity index (χ2n) is 7.05. The molecule has 3 rings (SSSR count). The van der Waals surface area contributed by atoms with Crippen LogP contribution in [0.2, 0.25) is 0 Å². The van der Waals surface area contributed by atoms with Gasteiger partial charge in [-0.05, 0) is 42.3 Å². The number of rotatable bonds is 3. The van der Waals surface area contributed by atoms with Gasteiger partial charge in [-0.1, -0.05) is 24.3 Å². The van der Waals surface area contributed by atoms with Crippen molar-refractivity contribution >= 4 is 22.7 Å². The SMILES string of the molecule is CN1C(=O)[C@H](c2ccc(C(F)(F)F)cc2)[C@@](C)(c2cccc(S(C)=O)c2)N=C1N. The van der Waals surface area contributed by atoms with Crippen molar-refractivity contribution in [2.45, 2.75) is 29.5 Å². The van der Waals surface area contributed by atoms with E-state index in [1.54, 1.807) is 31.2 Å². The smallest absolute Gasteiger partial charge is 0.369 e. The maximum absolute atomic E-state index is 13.1. The van der Waals surface area contributed by atoms with E-state index in [1.165, 1.54) is 30.3 Å². The molecule has 5 nitrogen and oxygen atoms in total. The van der Waals surface area contributed by atoms with Crippen LogP contribution in [0.1, 0.15) is 29.5 Å². The van der Waals surface area contributed by atoms with Crippen LogP contribution in [0, 0.1) is 0 Å². The highest BCUT2D eigenvalue weighted by atomic mass is 32.2. The molecular weight excluding hydrogens is 403 g/mol. The highest BCUT2D eigenvalue weighted by Gasteiger charge is 2.47. The topological polar surface area (TPSA) is 75.8 Å². The molecule has 0 aromatic heterocycles. The summed E-state index contributed by atoms with van der Waals surface area (Å²) >= 11 is 0. The Morgan fingerprint density at radius 3 is 2.34 bits per heavy atom. The van der Waals surface area contributed by atoms with E-state index in [-0.39, 0.29) is 11.9 Å². The summed E-state index contributed by atoms with van der Waals surface area (Å²) in [5.74, 6) is -1.28. The van der Waals surface area contributed by atoms with Gasteiger partial charge in [-0.15, -0.1) is 0 Å². The molecule has 1 amide bonds. The van der Waals surface area contributed by atoms with Gasteiger partial charge in [0.1, 0.15) is 5.54 Å². The minimum Gasteiger partial charge on any atom is -0.369 e. The van der Waals surface area contributed by atoms with Gasteiger partial charge in [0.25, 0.3) is 0 Å². The standard InChI is InChI=1S/C20H20F3N3O2S/c1-19(14-5-4-6-15(11-14)29(3)28)16(17(27)26(2)18(24)25-19)12-7-9-13(10-8-12)20(21,22)23/h4-11,16H,1-3H3,(H2,24,25)/t16-,19+,29?/m0/s1. The van der Waals surface area contributed by atoms with E-state index in [4.69, 9.17) is 5.73 Å². The number of amides is 1. The summed E-state index contributed by atoms with van der Waals surface area (Å²) in [5, 5.41) is 0. The van der Waals surface area contributed by atoms with Gasteiger partial charge in [0.15, 0.2) is 5.96 Å². The van der Waals surface area contributed by atoms with E-state index in [9.17, 15) is 22.2 Å². The van der Waals surface area contributed by atoms with E-state index in [0.717, 1.165) is 12.1 Å². The van der Waals surface area contributed by atoms with Crippen LogP contribution in [0.5, 0.6) is 0 Å². The molecule has 0 saturated carbocycles. The number of nitrogens with two attached hydrogens (primary N) is 1. The Morgan fingerprint density at radius 2 is 1.79 bits per heavy atom. The first-order valence-electron chi connectivity index (χ1n) is 8.69. The fourth-order valence-corrected chi connectivity index (χ4v) is 4.04. The van der Waals surface area contributed by atoms with Gasteiger partial charge in [0, 0.05) is 29.0 Å². The van der Waals surface area contributed by atoms with E-state index in [1.807, 2.05) is 0 Å². The Labute approximate surface area is 168 Å². The van der Waals surface area contributed by atoms with Crippen molar-refractivity contribution < 1.29 is 22.2 Å². The second kappa shape index (κ2) is 7.29. The molecule has 154 valence electrons. The average Bonchev–Trinajstić information content (AvgIpc) is 2.66. The van der Waals surface area contributed by atoms with Crippen LogP contribution in [-0.4, -0.2) is 34.3 Å². The Hall–Kier alpha value is -2.68. The van der Waals surface area contributed by atoms with Crippen LogP contribution < -0.4 is 5.73 Å². The zero-order valence-corrected chi connectivity index (χ0v) is 16.8. The first-order valence-corrected chi connectivity index (χ1v) is 10.2. The number of alkyl halides is 3. The molecule has 3 atom stereocenters. The van der Waals surface area contributed by atoms with Crippen LogP contribution in [0.4, 0.5) is 13.2 Å². The normalized spacial score (nSPS) is 23.7. The number of aliphatic imine (C=N–C) groups is 1. The maximum atomic E-state index is 13.1. The zero-order chi connectivity index (χ0) is 21.6. The molecule has 9 heteroatoms. The van der Waals surface area contributed by atoms with Crippen molar-refractivity contribution in [3.63, 3.8) is 0 Å². The molecule has 0 fully saturated rings. The zero-order valence-electron chi connectivity index (χ0n) is 16.0. The molecule has 0 saturated heterocycles. The summed E-state index contributed by atoms with van der Waals surface area (Å²) < 4.78 is 50.8. The summed E-state index contributed by atoms with van der Waals surface area (Å²) in [4.78, 5) is 19.4. The van der Waals surface area contributed by atoms with E-state index < -0.39 is 34.0 Å². The van der Waals surface area contributed by atoms with Gasteiger partial charge in [-0.25, -0.2) is 4.99 Å². The fraction of sp³-hybridized carbons (Fsp3) is 0.300. The van der Waals surface area contributed by atoms with Crippen molar-refractivity contribution in [1.82, 2.24) is 4.90 Å². The van der Waals surface area contributed by atoms with Crippen molar-refractivity contribution in [2.24, 2.45) is 10.7 Å². The molecular formula is C20H20F3N3O2S. The number of hydrogen-bond acceptors (Lipinski definition) is 4. The Bertz CT molecular complexity index is 1000. The second-order valence-corrected chi connectivity index (χ2v) is 8.43. The molecule has 0 radical (unpaired) electrons. The number of hydrogen-bond donors (Lipinski definition) is 1. The van der Waals surface area contributed by atoms with Crippen molar-refractivity contribution in [1.29, 1.82) is 0 Å². The number of halogens is 3. The van der Waals surface area contributed by atoms with Gasteiger partial charge in [-0.3, -0.25) is 13.9 Å². The lowest BCUT2D eigenvalue weighted by Gasteiger charge is -2.41. The van der Waals surface area contributed by atoms with Gasteiger partial charge >= 0.3 is 6.18 Å². The molecule has 2 aromatic carbocycles. The third-order valence-corrected chi connectivity index (χ3v) is 6.07. The monoisotopic (exact) mass is 423 g/mol. The number of carbonyl (C=O) groups excluding carboxylic acids is 1. The molecule has 0 spiro atoms. The lowest BCUT2D eigenvalue weighted by atomic mass is 9.74. The molecule has 1 aliphatic heterocycles. The van der Waals surface area contributed by atoms with Crippen molar-refractivity contribution in [2.75, 3.05) is 13.3 Å². The number of likely N-dealkylation sites (N-methyl/N-ethyl adjacent to an activating group) is 1. The van der Waals surface area contributed by atoms with Gasteiger partial charge in [-0.2, -0.15) is 13.2 Å². The fourth-order valence-electron chi connectivity index (χ4n) is 3.48. The summed E-state index contributed by atoms with van der Waals surface area (Å²) in [6.45, 7) is 1.70. The third-order valence-electron chi connectivity index (χ3n) is 5.15. The van der Waals surface area contributed by atoms with Crippen molar-refractivity contribution in [3.05, 3.63) is 65.2 Å². The summed E-state index contributed by atoms with van der Waals surface area (Å²) in [6.07, 6.45) is -2.94. The molecule has 1 unspecified atom stereocenters. The predicted octanol–water partition coefficient (Wildman–Crippen LogP) is 3.23. The Balaban J connectivity index is 2.18. The average molecular weight is 423 g/mol. The third kappa shape index (κ3) is 3.78. The molecule has 0 bridgehead atoms. The van der Waals surface area contributed by atoms with Crippen LogP contribution in [0.15, 0.2) is 58.4 Å². The molecule has 2 aromatic rings. The van der Waals surface area contributed by atoms with Crippen molar-refractivity contribution in [3.8, 4) is 0 Å². The molecule has 1 aliphatic rings. The van der Waals surface area contributed by atoms with Crippen LogP contribution in [-0.2, 0) is 27.3 Å². The molecule has 2 N–H and O–H groups in total. The Morgan fingerprint density at radius 1 is 1.17 bits per heavy atom. The largest absolute Gasteiger partial charge is 0.416 e. The van der Waals surface area contributed by atoms with Gasteiger partial charge in [0.2, 0.25) is 5.91 Å². The van der Waals surface area contributed by atoms with Gasteiger partial charge in [0.05, 0.1) is 11.5 Å². The number of benzene rings is 2. The van der Waals surface area contributed by atoms with Crippen LogP contribution in [0.25, 0.3) is 0 Å². The minimum atomic E-state index is -4.47. The lowest BCUT2D eigenvalue weighted by molar-refractivity contribution is -0.137. The molecule has 1 heterocycles. The van der Waals surface area contributed by atoms with Crippen LogP contribution >= 0.6 is 0 Å². The quantitative estimate of drug-likeness (QED) is 0.824. The molecule has 0 aliphatic carbocycles. The Kier molecular flexibility index (Phi) is 5.29. The first-order chi connectivity index (χ1) is 13.4. The summed E-state index contributed by atoms with van der Waals surface area (Å²) in [7, 11) is 0.212. The van der Waals surface area contributed by atoms with Crippen LogP contribution in [0.3, 0.4) is 0 Å². The van der Waals surface area contributed by atoms with Gasteiger partial charge < -0.3 is 5.73 Å². The lowest BCUT2D eigenvalue weighted by Crippen LogP contribution is -2.52. The predicted molar refractivity (Wildman–Crippen MR) is 105 cm³/mol. The van der Waals surface area contributed by atoms with E-state index in [0.29, 0.717) is 16.0 Å². The molecule has 29 heavy (non-hydrogen) atoms. The highest BCUT2D eigenvalue weighted by molar-refractivity contribution is 7.84. The van der Waals surface area contributed by atoms with E-state index >= 15 is 0 Å². The number of carbonyl (C=O) groups is 1. The summed E-state index contributed by atoms with van der Waals surface area (Å²) in [6, 6.07) is 11.3. The van der Waals surface area contributed by atoms with E-state index in [2.05, 4.69) is 4.99 Å².